The summed E-state index contributed by atoms with van der Waals surface area (Å²) >= 11 is 0. The Balaban J connectivity index is 1.35. The van der Waals surface area contributed by atoms with Crippen molar-refractivity contribution in [1.82, 2.24) is 9.62 Å². The minimum Gasteiger partial charge on any atom is -0.348 e. The average Bonchev–Trinajstić information content (AvgIpc) is 3.45. The summed E-state index contributed by atoms with van der Waals surface area (Å²) in [6.07, 6.45) is 3.23. The van der Waals surface area contributed by atoms with Crippen LogP contribution in [-0.4, -0.2) is 44.2 Å². The minimum absolute atomic E-state index is 0.113. The second kappa shape index (κ2) is 8.57. The zero-order valence-corrected chi connectivity index (χ0v) is 17.5. The van der Waals surface area contributed by atoms with Crippen LogP contribution in [0.25, 0.3) is 0 Å². The number of amides is 2. The van der Waals surface area contributed by atoms with Crippen molar-refractivity contribution < 1.29 is 18.0 Å². The van der Waals surface area contributed by atoms with Gasteiger partial charge in [0.2, 0.25) is 15.9 Å². The Morgan fingerprint density at radius 1 is 0.900 bits per heavy atom. The van der Waals surface area contributed by atoms with Gasteiger partial charge in [-0.3, -0.25) is 9.59 Å². The Labute approximate surface area is 176 Å². The third kappa shape index (κ3) is 4.24. The van der Waals surface area contributed by atoms with Crippen molar-refractivity contribution >= 4 is 27.5 Å². The molecule has 0 saturated carbocycles. The number of rotatable bonds is 6. The molecule has 0 bridgehead atoms. The lowest BCUT2D eigenvalue weighted by molar-refractivity contribution is -0.117. The standard InChI is InChI=1S/C22H25N3O4S/c26-21-4-3-15-25(21)19-9-7-18(8-10-19)22(27)23-16-17-5-11-20(12-6-17)30(28,29)24-13-1-2-14-24/h5-12H,1-4,13-16H2,(H,23,27). The van der Waals surface area contributed by atoms with Crippen molar-refractivity contribution in [3.05, 3.63) is 59.7 Å². The molecule has 2 aromatic carbocycles. The van der Waals surface area contributed by atoms with Gasteiger partial charge < -0.3 is 10.2 Å². The molecule has 2 amide bonds. The summed E-state index contributed by atoms with van der Waals surface area (Å²) in [5.41, 5.74) is 2.14. The molecular weight excluding hydrogens is 402 g/mol. The van der Waals surface area contributed by atoms with Crippen LogP contribution in [0.15, 0.2) is 53.4 Å². The average molecular weight is 428 g/mol. The minimum atomic E-state index is -3.43. The molecule has 2 heterocycles. The summed E-state index contributed by atoms with van der Waals surface area (Å²) in [4.78, 5) is 26.3. The van der Waals surface area contributed by atoms with Crippen molar-refractivity contribution in [1.29, 1.82) is 0 Å². The van der Waals surface area contributed by atoms with Gasteiger partial charge in [-0.05, 0) is 61.2 Å². The number of hydrogen-bond acceptors (Lipinski definition) is 4. The van der Waals surface area contributed by atoms with Gasteiger partial charge in [-0.15, -0.1) is 0 Å². The number of carbonyl (C=O) groups excluding carboxylic acids is 2. The van der Waals surface area contributed by atoms with Crippen molar-refractivity contribution in [3.8, 4) is 0 Å². The van der Waals surface area contributed by atoms with Gasteiger partial charge in [0.25, 0.3) is 5.91 Å². The molecule has 158 valence electrons. The van der Waals surface area contributed by atoms with Gasteiger partial charge in [0.05, 0.1) is 4.90 Å². The summed E-state index contributed by atoms with van der Waals surface area (Å²) < 4.78 is 26.7. The fraction of sp³-hybridized carbons (Fsp3) is 0.364. The maximum absolute atomic E-state index is 12.6. The molecule has 0 spiro atoms. The van der Waals surface area contributed by atoms with Gasteiger partial charge in [0.15, 0.2) is 0 Å². The molecular formula is C22H25N3O4S. The van der Waals surface area contributed by atoms with E-state index < -0.39 is 10.0 Å². The molecule has 2 fully saturated rings. The summed E-state index contributed by atoms with van der Waals surface area (Å²) in [5, 5.41) is 2.85. The molecule has 2 aliphatic rings. The maximum atomic E-state index is 12.6. The molecule has 0 aliphatic carbocycles. The van der Waals surface area contributed by atoms with E-state index in [0.29, 0.717) is 38.2 Å². The van der Waals surface area contributed by atoms with E-state index in [1.165, 1.54) is 4.31 Å². The van der Waals surface area contributed by atoms with Crippen LogP contribution in [0.3, 0.4) is 0 Å². The Hall–Kier alpha value is -2.71. The molecule has 8 heteroatoms. The second-order valence-electron chi connectivity index (χ2n) is 7.63. The maximum Gasteiger partial charge on any atom is 0.251 e. The molecule has 0 atom stereocenters. The van der Waals surface area contributed by atoms with E-state index in [1.54, 1.807) is 53.4 Å². The number of benzene rings is 2. The lowest BCUT2D eigenvalue weighted by atomic mass is 10.1. The summed E-state index contributed by atoms with van der Waals surface area (Å²) in [5.74, 6) is -0.106. The van der Waals surface area contributed by atoms with Crippen molar-refractivity contribution in [3.63, 3.8) is 0 Å². The van der Waals surface area contributed by atoms with Gasteiger partial charge in [-0.2, -0.15) is 4.31 Å². The predicted octanol–water partition coefficient (Wildman–Crippen LogP) is 2.53. The Kier molecular flexibility index (Phi) is 5.87. The fourth-order valence-electron chi connectivity index (χ4n) is 3.86. The first-order valence-electron chi connectivity index (χ1n) is 10.2. The van der Waals surface area contributed by atoms with E-state index in [1.807, 2.05) is 0 Å². The molecule has 0 unspecified atom stereocenters. The van der Waals surface area contributed by atoms with E-state index in [-0.39, 0.29) is 16.7 Å². The quantitative estimate of drug-likeness (QED) is 0.768. The number of carbonyl (C=O) groups is 2. The van der Waals surface area contributed by atoms with Crippen LogP contribution in [0.5, 0.6) is 0 Å². The molecule has 7 nitrogen and oxygen atoms in total. The first-order chi connectivity index (χ1) is 14.4. The lowest BCUT2D eigenvalue weighted by Crippen LogP contribution is -2.28. The number of nitrogens with one attached hydrogen (secondary N) is 1. The Morgan fingerprint density at radius 3 is 2.17 bits per heavy atom. The molecule has 2 aliphatic heterocycles. The highest BCUT2D eigenvalue weighted by atomic mass is 32.2. The van der Waals surface area contributed by atoms with Gasteiger partial charge in [-0.1, -0.05) is 12.1 Å². The summed E-state index contributed by atoms with van der Waals surface area (Å²) in [6.45, 7) is 2.17. The smallest absolute Gasteiger partial charge is 0.251 e. The Bertz CT molecular complexity index is 1030. The second-order valence-corrected chi connectivity index (χ2v) is 9.57. The topological polar surface area (TPSA) is 86.8 Å². The SMILES string of the molecule is O=C(NCc1ccc(S(=O)(=O)N2CCCC2)cc1)c1ccc(N2CCCC2=O)cc1. The van der Waals surface area contributed by atoms with Crippen LogP contribution in [0.4, 0.5) is 5.69 Å². The molecule has 0 radical (unpaired) electrons. The van der Waals surface area contributed by atoms with E-state index >= 15 is 0 Å². The predicted molar refractivity (Wildman–Crippen MR) is 114 cm³/mol. The van der Waals surface area contributed by atoms with E-state index in [0.717, 1.165) is 30.5 Å². The number of hydrogen-bond donors (Lipinski definition) is 1. The summed E-state index contributed by atoms with van der Waals surface area (Å²) in [6, 6.07) is 13.6. The van der Waals surface area contributed by atoms with Gasteiger partial charge in [0.1, 0.15) is 0 Å². The number of anilines is 1. The van der Waals surface area contributed by atoms with E-state index in [2.05, 4.69) is 5.32 Å². The molecule has 2 saturated heterocycles. The highest BCUT2D eigenvalue weighted by Gasteiger charge is 2.27. The first-order valence-corrected chi connectivity index (χ1v) is 11.7. The highest BCUT2D eigenvalue weighted by molar-refractivity contribution is 7.89. The molecule has 4 rings (SSSR count). The van der Waals surface area contributed by atoms with Crippen molar-refractivity contribution in [2.75, 3.05) is 24.5 Å². The first kappa shape index (κ1) is 20.6. The number of nitrogens with zero attached hydrogens (tertiary/aromatic N) is 2. The van der Waals surface area contributed by atoms with E-state index in [4.69, 9.17) is 0 Å². The molecule has 2 aromatic rings. The summed E-state index contributed by atoms with van der Waals surface area (Å²) in [7, 11) is -3.43. The third-order valence-electron chi connectivity index (χ3n) is 5.59. The molecule has 30 heavy (non-hydrogen) atoms. The highest BCUT2D eigenvalue weighted by Crippen LogP contribution is 2.22. The van der Waals surface area contributed by atoms with Crippen LogP contribution in [0.2, 0.25) is 0 Å². The Morgan fingerprint density at radius 2 is 1.57 bits per heavy atom. The van der Waals surface area contributed by atoms with Crippen LogP contribution >= 0.6 is 0 Å². The lowest BCUT2D eigenvalue weighted by Gasteiger charge is -2.16. The van der Waals surface area contributed by atoms with Crippen molar-refractivity contribution in [2.45, 2.75) is 37.1 Å². The van der Waals surface area contributed by atoms with Crippen LogP contribution in [0.1, 0.15) is 41.6 Å². The van der Waals surface area contributed by atoms with Crippen molar-refractivity contribution in [2.24, 2.45) is 0 Å². The van der Waals surface area contributed by atoms with E-state index in [9.17, 15) is 18.0 Å². The normalized spacial score (nSPS) is 17.5. The monoisotopic (exact) mass is 427 g/mol. The van der Waals surface area contributed by atoms with Gasteiger partial charge in [0, 0.05) is 43.9 Å². The van der Waals surface area contributed by atoms with Crippen LogP contribution in [-0.2, 0) is 21.4 Å². The molecule has 0 aromatic heterocycles. The largest absolute Gasteiger partial charge is 0.348 e. The van der Waals surface area contributed by atoms with Gasteiger partial charge in [-0.25, -0.2) is 8.42 Å². The fourth-order valence-corrected chi connectivity index (χ4v) is 5.37. The third-order valence-corrected chi connectivity index (χ3v) is 7.51. The van der Waals surface area contributed by atoms with Crippen LogP contribution < -0.4 is 10.2 Å². The van der Waals surface area contributed by atoms with Gasteiger partial charge >= 0.3 is 0 Å². The zero-order chi connectivity index (χ0) is 21.1. The van der Waals surface area contributed by atoms with Crippen LogP contribution in [0, 0.1) is 0 Å². The zero-order valence-electron chi connectivity index (χ0n) is 16.7. The molecule has 1 N–H and O–H groups in total. The number of sulfonamides is 1.